The number of hydrogen-bond acceptors (Lipinski definition) is 3. The van der Waals surface area contributed by atoms with E-state index in [0.717, 1.165) is 17.0 Å². The fourth-order valence-electron chi connectivity index (χ4n) is 1.83. The van der Waals surface area contributed by atoms with Crippen molar-refractivity contribution in [2.45, 2.75) is 13.8 Å². The second-order valence-electron chi connectivity index (χ2n) is 4.66. The van der Waals surface area contributed by atoms with Gasteiger partial charge in [-0.3, -0.25) is 5.43 Å². The highest BCUT2D eigenvalue weighted by atomic mass is 32.1. The molecule has 0 aliphatic heterocycles. The van der Waals surface area contributed by atoms with Crippen LogP contribution in [0.25, 0.3) is 0 Å². The van der Waals surface area contributed by atoms with E-state index >= 15 is 0 Å². The molecule has 2 aromatic rings. The fourth-order valence-corrected chi connectivity index (χ4v) is 2.00. The van der Waals surface area contributed by atoms with Crippen LogP contribution in [0, 0.1) is 6.92 Å². The lowest BCUT2D eigenvalue weighted by molar-refractivity contribution is 0.340. The van der Waals surface area contributed by atoms with Crippen molar-refractivity contribution in [3.05, 3.63) is 59.7 Å². The predicted molar refractivity (Wildman–Crippen MR) is 95.7 cm³/mol. The van der Waals surface area contributed by atoms with E-state index in [1.165, 1.54) is 5.56 Å². The molecule has 22 heavy (non-hydrogen) atoms. The number of thiocarbonyl (C=S) groups is 1. The minimum Gasteiger partial charge on any atom is -0.493 e. The second kappa shape index (κ2) is 8.14. The second-order valence-corrected chi connectivity index (χ2v) is 5.07. The molecule has 114 valence electrons. The van der Waals surface area contributed by atoms with Gasteiger partial charge in [0.05, 0.1) is 12.8 Å². The van der Waals surface area contributed by atoms with Crippen LogP contribution in [0.4, 0.5) is 5.69 Å². The molecular weight excluding hydrogens is 294 g/mol. The number of aryl methyl sites for hydroxylation is 1. The molecule has 2 aromatic carbocycles. The molecule has 0 unspecified atom stereocenters. The highest BCUT2D eigenvalue weighted by Gasteiger charge is 1.99. The first kappa shape index (κ1) is 16.0. The largest absolute Gasteiger partial charge is 0.493 e. The molecule has 0 aliphatic rings. The zero-order valence-electron chi connectivity index (χ0n) is 12.7. The molecule has 0 bridgehead atoms. The van der Waals surface area contributed by atoms with Gasteiger partial charge in [-0.15, -0.1) is 0 Å². The molecule has 0 radical (unpaired) electrons. The molecule has 5 heteroatoms. The van der Waals surface area contributed by atoms with Crippen LogP contribution in [0.5, 0.6) is 5.75 Å². The summed E-state index contributed by atoms with van der Waals surface area (Å²) in [5.74, 6) is 0.799. The van der Waals surface area contributed by atoms with Crippen LogP contribution in [0.2, 0.25) is 0 Å². The van der Waals surface area contributed by atoms with Crippen molar-refractivity contribution in [2.75, 3.05) is 11.9 Å². The Labute approximate surface area is 136 Å². The van der Waals surface area contributed by atoms with E-state index in [4.69, 9.17) is 17.0 Å². The smallest absolute Gasteiger partial charge is 0.191 e. The number of anilines is 1. The van der Waals surface area contributed by atoms with E-state index in [9.17, 15) is 0 Å². The Morgan fingerprint density at radius 3 is 2.64 bits per heavy atom. The van der Waals surface area contributed by atoms with Gasteiger partial charge in [-0.2, -0.15) is 5.10 Å². The molecule has 0 aromatic heterocycles. The van der Waals surface area contributed by atoms with Crippen molar-refractivity contribution in [1.29, 1.82) is 0 Å². The standard InChI is InChI=1S/C17H19N3OS/c1-3-21-16-7-5-4-6-14(16)12-18-20-17(22)19-15-10-8-13(2)9-11-15/h4-12H,3H2,1-2H3,(H2,19,20,22). The molecule has 0 atom stereocenters. The molecule has 0 saturated heterocycles. The van der Waals surface area contributed by atoms with Crippen molar-refractivity contribution in [3.8, 4) is 5.75 Å². The van der Waals surface area contributed by atoms with Gasteiger partial charge in [0.1, 0.15) is 5.75 Å². The lowest BCUT2D eigenvalue weighted by atomic mass is 10.2. The Morgan fingerprint density at radius 2 is 1.91 bits per heavy atom. The summed E-state index contributed by atoms with van der Waals surface area (Å²) in [6.07, 6.45) is 1.69. The first-order valence-electron chi connectivity index (χ1n) is 7.07. The number of hydrazone groups is 1. The third-order valence-electron chi connectivity index (χ3n) is 2.90. The molecule has 0 spiro atoms. The summed E-state index contributed by atoms with van der Waals surface area (Å²) in [6.45, 7) is 4.61. The van der Waals surface area contributed by atoms with Crippen LogP contribution < -0.4 is 15.5 Å². The van der Waals surface area contributed by atoms with Crippen molar-refractivity contribution >= 4 is 29.2 Å². The first-order chi connectivity index (χ1) is 10.7. The maximum Gasteiger partial charge on any atom is 0.191 e. The van der Waals surface area contributed by atoms with E-state index in [1.807, 2.05) is 62.4 Å². The molecule has 0 amide bonds. The number of benzene rings is 2. The Bertz CT molecular complexity index is 653. The highest BCUT2D eigenvalue weighted by Crippen LogP contribution is 2.15. The maximum atomic E-state index is 5.53. The van der Waals surface area contributed by atoms with Crippen LogP contribution in [0.15, 0.2) is 53.6 Å². The molecule has 0 saturated carbocycles. The number of nitrogens with one attached hydrogen (secondary N) is 2. The van der Waals surface area contributed by atoms with Gasteiger partial charge in [-0.05, 0) is 50.3 Å². The topological polar surface area (TPSA) is 45.6 Å². The molecular formula is C17H19N3OS. The summed E-state index contributed by atoms with van der Waals surface area (Å²) in [5, 5.41) is 7.65. The van der Waals surface area contributed by atoms with E-state index < -0.39 is 0 Å². The van der Waals surface area contributed by atoms with Gasteiger partial charge in [0, 0.05) is 11.3 Å². The van der Waals surface area contributed by atoms with Gasteiger partial charge in [0.2, 0.25) is 0 Å². The van der Waals surface area contributed by atoms with Crippen LogP contribution in [-0.2, 0) is 0 Å². The van der Waals surface area contributed by atoms with Crippen molar-refractivity contribution < 1.29 is 4.74 Å². The summed E-state index contributed by atoms with van der Waals surface area (Å²) in [6, 6.07) is 15.7. The maximum absolute atomic E-state index is 5.53. The summed E-state index contributed by atoms with van der Waals surface area (Å²) in [7, 11) is 0. The van der Waals surface area contributed by atoms with Crippen LogP contribution in [-0.4, -0.2) is 17.9 Å². The lowest BCUT2D eigenvalue weighted by Gasteiger charge is -2.08. The third kappa shape index (κ3) is 4.86. The summed E-state index contributed by atoms with van der Waals surface area (Å²) in [4.78, 5) is 0. The summed E-state index contributed by atoms with van der Waals surface area (Å²) < 4.78 is 5.53. The van der Waals surface area contributed by atoms with Crippen LogP contribution >= 0.6 is 12.2 Å². The van der Waals surface area contributed by atoms with Gasteiger partial charge in [0.15, 0.2) is 5.11 Å². The van der Waals surface area contributed by atoms with E-state index in [-0.39, 0.29) is 0 Å². The average Bonchev–Trinajstić information content (AvgIpc) is 2.51. The minimum atomic E-state index is 0.439. The predicted octanol–water partition coefficient (Wildman–Crippen LogP) is 3.71. The normalized spacial score (nSPS) is 10.5. The van der Waals surface area contributed by atoms with E-state index in [1.54, 1.807) is 6.21 Å². The molecule has 2 rings (SSSR count). The van der Waals surface area contributed by atoms with E-state index in [0.29, 0.717) is 11.7 Å². The average molecular weight is 313 g/mol. The third-order valence-corrected chi connectivity index (χ3v) is 3.09. The highest BCUT2D eigenvalue weighted by molar-refractivity contribution is 7.80. The molecule has 2 N–H and O–H groups in total. The molecule has 0 aliphatic carbocycles. The number of ether oxygens (including phenoxy) is 1. The van der Waals surface area contributed by atoms with Crippen LogP contribution in [0.3, 0.4) is 0 Å². The number of hydrogen-bond donors (Lipinski definition) is 2. The molecule has 0 fully saturated rings. The summed E-state index contributed by atoms with van der Waals surface area (Å²) >= 11 is 5.20. The van der Waals surface area contributed by atoms with Crippen molar-refractivity contribution in [3.63, 3.8) is 0 Å². The quantitative estimate of drug-likeness (QED) is 0.502. The zero-order valence-corrected chi connectivity index (χ0v) is 13.5. The van der Waals surface area contributed by atoms with Gasteiger partial charge in [-0.1, -0.05) is 29.8 Å². The van der Waals surface area contributed by atoms with E-state index in [2.05, 4.69) is 15.8 Å². The van der Waals surface area contributed by atoms with Crippen molar-refractivity contribution in [1.82, 2.24) is 5.43 Å². The minimum absolute atomic E-state index is 0.439. The summed E-state index contributed by atoms with van der Waals surface area (Å²) in [5.41, 5.74) is 5.82. The fraction of sp³-hybridized carbons (Fsp3) is 0.176. The van der Waals surface area contributed by atoms with Gasteiger partial charge < -0.3 is 10.1 Å². The van der Waals surface area contributed by atoms with Crippen molar-refractivity contribution in [2.24, 2.45) is 5.10 Å². The Kier molecular flexibility index (Phi) is 5.91. The number of nitrogens with zero attached hydrogens (tertiary/aromatic N) is 1. The molecule has 0 heterocycles. The molecule has 4 nitrogen and oxygen atoms in total. The SMILES string of the molecule is CCOc1ccccc1C=NNC(=S)Nc1ccc(C)cc1. The van der Waals surface area contributed by atoms with Gasteiger partial charge in [0.25, 0.3) is 0 Å². The lowest BCUT2D eigenvalue weighted by Crippen LogP contribution is -2.23. The Hall–Kier alpha value is -2.40. The Morgan fingerprint density at radius 1 is 1.18 bits per heavy atom. The zero-order chi connectivity index (χ0) is 15.8. The van der Waals surface area contributed by atoms with Crippen LogP contribution in [0.1, 0.15) is 18.1 Å². The number of para-hydroxylation sites is 1. The monoisotopic (exact) mass is 313 g/mol. The Balaban J connectivity index is 1.92. The van der Waals surface area contributed by atoms with Gasteiger partial charge in [-0.25, -0.2) is 0 Å². The number of rotatable bonds is 5. The van der Waals surface area contributed by atoms with Gasteiger partial charge >= 0.3 is 0 Å². The first-order valence-corrected chi connectivity index (χ1v) is 7.48.